The van der Waals surface area contributed by atoms with E-state index in [2.05, 4.69) is 16.0 Å². The van der Waals surface area contributed by atoms with Gasteiger partial charge < -0.3 is 21.1 Å². The smallest absolute Gasteiger partial charge is 0.251 e. The van der Waals surface area contributed by atoms with E-state index in [9.17, 15) is 14.7 Å². The average molecular weight is 323 g/mol. The van der Waals surface area contributed by atoms with Crippen molar-refractivity contribution in [3.05, 3.63) is 0 Å². The Morgan fingerprint density at radius 1 is 1.26 bits per heavy atom. The van der Waals surface area contributed by atoms with Crippen LogP contribution in [-0.4, -0.2) is 47.7 Å². The zero-order valence-corrected chi connectivity index (χ0v) is 13.9. The summed E-state index contributed by atoms with van der Waals surface area (Å²) in [4.78, 5) is 24.7. The number of carbonyl (C=O) groups excluding carboxylic acids is 2. The molecule has 1 unspecified atom stereocenters. The van der Waals surface area contributed by atoms with E-state index >= 15 is 0 Å². The Morgan fingerprint density at radius 3 is 2.74 bits per heavy atom. The molecule has 2 aliphatic carbocycles. The second kappa shape index (κ2) is 7.18. The molecule has 1 aliphatic heterocycles. The molecule has 4 N–H and O–H groups in total. The highest BCUT2D eigenvalue weighted by Crippen LogP contribution is 2.37. The average Bonchev–Trinajstić information content (AvgIpc) is 3.06. The van der Waals surface area contributed by atoms with E-state index in [1.807, 2.05) is 6.92 Å². The lowest BCUT2D eigenvalue weighted by Crippen LogP contribution is -2.55. The predicted molar refractivity (Wildman–Crippen MR) is 86.6 cm³/mol. The van der Waals surface area contributed by atoms with Crippen LogP contribution >= 0.6 is 0 Å². The molecular formula is C17H29N3O3. The van der Waals surface area contributed by atoms with Crippen LogP contribution in [0.4, 0.5) is 0 Å². The van der Waals surface area contributed by atoms with Crippen molar-refractivity contribution in [2.45, 2.75) is 76.1 Å². The van der Waals surface area contributed by atoms with Crippen molar-refractivity contribution in [1.29, 1.82) is 0 Å². The van der Waals surface area contributed by atoms with E-state index in [-0.39, 0.29) is 23.9 Å². The van der Waals surface area contributed by atoms with Crippen molar-refractivity contribution < 1.29 is 14.7 Å². The summed E-state index contributed by atoms with van der Waals surface area (Å²) in [5.74, 6) is 0.605. The van der Waals surface area contributed by atoms with Gasteiger partial charge in [0.2, 0.25) is 5.91 Å². The third-order valence-corrected chi connectivity index (χ3v) is 5.53. The van der Waals surface area contributed by atoms with Gasteiger partial charge in [-0.3, -0.25) is 9.59 Å². The maximum Gasteiger partial charge on any atom is 0.251 e. The lowest BCUT2D eigenvalue weighted by Gasteiger charge is -2.26. The normalized spacial score (nSPS) is 32.2. The van der Waals surface area contributed by atoms with Gasteiger partial charge in [-0.2, -0.15) is 0 Å². The van der Waals surface area contributed by atoms with Gasteiger partial charge in [-0.05, 0) is 50.5 Å². The summed E-state index contributed by atoms with van der Waals surface area (Å²) < 4.78 is 0. The van der Waals surface area contributed by atoms with E-state index in [1.165, 1.54) is 12.8 Å². The van der Waals surface area contributed by atoms with Crippen LogP contribution in [0.5, 0.6) is 0 Å². The number of rotatable bonds is 7. The number of carbonyl (C=O) groups is 2. The zero-order valence-electron chi connectivity index (χ0n) is 13.9. The molecule has 130 valence electrons. The number of hydrogen-bond acceptors (Lipinski definition) is 4. The van der Waals surface area contributed by atoms with Gasteiger partial charge in [0.1, 0.15) is 0 Å². The van der Waals surface area contributed by atoms with Crippen LogP contribution in [-0.2, 0) is 9.59 Å². The summed E-state index contributed by atoms with van der Waals surface area (Å²) in [5, 5.41) is 19.4. The van der Waals surface area contributed by atoms with Gasteiger partial charge in [-0.25, -0.2) is 0 Å². The van der Waals surface area contributed by atoms with Crippen LogP contribution in [0.15, 0.2) is 0 Å². The number of amides is 2. The summed E-state index contributed by atoms with van der Waals surface area (Å²) >= 11 is 0. The molecule has 2 saturated carbocycles. The Bertz CT molecular complexity index is 452. The first-order valence-corrected chi connectivity index (χ1v) is 9.12. The maximum atomic E-state index is 12.6. The maximum absolute atomic E-state index is 12.6. The Hall–Kier alpha value is -1.14. The van der Waals surface area contributed by atoms with Gasteiger partial charge >= 0.3 is 0 Å². The van der Waals surface area contributed by atoms with E-state index in [4.69, 9.17) is 0 Å². The van der Waals surface area contributed by atoms with Gasteiger partial charge in [0, 0.05) is 6.04 Å². The molecule has 23 heavy (non-hydrogen) atoms. The molecule has 0 aromatic carbocycles. The lowest BCUT2D eigenvalue weighted by molar-refractivity contribution is -0.133. The Morgan fingerprint density at radius 2 is 2.04 bits per heavy atom. The van der Waals surface area contributed by atoms with Crippen LogP contribution < -0.4 is 16.0 Å². The van der Waals surface area contributed by atoms with Gasteiger partial charge in [-0.15, -0.1) is 0 Å². The fraction of sp³-hybridized carbons (Fsp3) is 0.882. The van der Waals surface area contributed by atoms with Gasteiger partial charge in [0.25, 0.3) is 5.91 Å². The Labute approximate surface area is 137 Å². The molecular weight excluding hydrogens is 294 g/mol. The number of fused-ring (bicyclic) bond motifs is 1. The van der Waals surface area contributed by atoms with E-state index < -0.39 is 12.1 Å². The quantitative estimate of drug-likeness (QED) is 0.542. The summed E-state index contributed by atoms with van der Waals surface area (Å²) in [7, 11) is 0. The molecule has 0 aromatic rings. The Balaban J connectivity index is 1.57. The van der Waals surface area contributed by atoms with Crippen molar-refractivity contribution in [3.8, 4) is 0 Å². The molecule has 1 saturated heterocycles. The molecule has 6 heteroatoms. The summed E-state index contributed by atoms with van der Waals surface area (Å²) in [6.45, 7) is 2.90. The third-order valence-electron chi connectivity index (χ3n) is 5.53. The molecule has 2 amide bonds. The van der Waals surface area contributed by atoms with Crippen LogP contribution in [0.2, 0.25) is 0 Å². The molecule has 1 heterocycles. The molecule has 3 fully saturated rings. The standard InChI is InChI=1S/C17H29N3O3/c1-2-4-13(15(21)17(23)19-11-7-8-11)20-16(22)14-12-6-3-5-10(12)9-18-14/h10-15,18,21H,2-9H2,1H3,(H,19,23)(H,20,22)/t10-,12-,13-,14?,15-/m0/s1. The first-order valence-electron chi connectivity index (χ1n) is 9.12. The molecule has 0 bridgehead atoms. The number of aliphatic hydroxyl groups is 1. The fourth-order valence-corrected chi connectivity index (χ4v) is 4.06. The summed E-state index contributed by atoms with van der Waals surface area (Å²) in [5.41, 5.74) is 0. The second-order valence-electron chi connectivity index (χ2n) is 7.37. The summed E-state index contributed by atoms with van der Waals surface area (Å²) in [6, 6.07) is -0.458. The van der Waals surface area contributed by atoms with Crippen LogP contribution in [0.3, 0.4) is 0 Å². The van der Waals surface area contributed by atoms with Crippen molar-refractivity contribution >= 4 is 11.8 Å². The Kier molecular flexibility index (Phi) is 5.21. The molecule has 5 atom stereocenters. The molecule has 6 nitrogen and oxygen atoms in total. The minimum absolute atomic E-state index is 0.0591. The zero-order chi connectivity index (χ0) is 16.4. The second-order valence-corrected chi connectivity index (χ2v) is 7.37. The van der Waals surface area contributed by atoms with E-state index in [1.54, 1.807) is 0 Å². The topological polar surface area (TPSA) is 90.5 Å². The molecule has 3 aliphatic rings. The fourth-order valence-electron chi connectivity index (χ4n) is 4.06. The van der Waals surface area contributed by atoms with Crippen LogP contribution in [0.1, 0.15) is 51.9 Å². The summed E-state index contributed by atoms with van der Waals surface area (Å²) in [6.07, 6.45) is 5.71. The largest absolute Gasteiger partial charge is 0.381 e. The highest BCUT2D eigenvalue weighted by Gasteiger charge is 2.43. The number of nitrogens with one attached hydrogen (secondary N) is 3. The predicted octanol–water partition coefficient (Wildman–Crippen LogP) is 0.299. The monoisotopic (exact) mass is 323 g/mol. The molecule has 0 spiro atoms. The minimum Gasteiger partial charge on any atom is -0.381 e. The van der Waals surface area contributed by atoms with E-state index in [0.29, 0.717) is 18.3 Å². The number of hydrogen-bond donors (Lipinski definition) is 4. The first kappa shape index (κ1) is 16.7. The first-order chi connectivity index (χ1) is 11.1. The van der Waals surface area contributed by atoms with Crippen molar-refractivity contribution in [3.63, 3.8) is 0 Å². The molecule has 0 radical (unpaired) electrons. The molecule has 3 rings (SSSR count). The number of aliphatic hydroxyl groups excluding tert-OH is 1. The van der Waals surface area contributed by atoms with Crippen LogP contribution in [0.25, 0.3) is 0 Å². The third kappa shape index (κ3) is 3.86. The van der Waals surface area contributed by atoms with Gasteiger partial charge in [0.05, 0.1) is 12.1 Å². The lowest BCUT2D eigenvalue weighted by atomic mass is 9.93. The van der Waals surface area contributed by atoms with E-state index in [0.717, 1.165) is 32.2 Å². The van der Waals surface area contributed by atoms with Crippen molar-refractivity contribution in [2.24, 2.45) is 11.8 Å². The van der Waals surface area contributed by atoms with Gasteiger partial charge in [0.15, 0.2) is 6.10 Å². The minimum atomic E-state index is -1.17. The highest BCUT2D eigenvalue weighted by molar-refractivity contribution is 5.86. The highest BCUT2D eigenvalue weighted by atomic mass is 16.3. The SMILES string of the molecule is CCC[C@H](NC(=O)C1NC[C@@H]2CCC[C@H]12)[C@H](O)C(=O)NC1CC1. The van der Waals surface area contributed by atoms with Crippen LogP contribution in [0, 0.1) is 11.8 Å². The molecule has 0 aromatic heterocycles. The van der Waals surface area contributed by atoms with Crippen molar-refractivity contribution in [2.75, 3.05) is 6.54 Å². The van der Waals surface area contributed by atoms with Crippen molar-refractivity contribution in [1.82, 2.24) is 16.0 Å². The van der Waals surface area contributed by atoms with Gasteiger partial charge in [-0.1, -0.05) is 19.8 Å².